The van der Waals surface area contributed by atoms with Crippen molar-refractivity contribution in [3.63, 3.8) is 0 Å². The van der Waals surface area contributed by atoms with Gasteiger partial charge in [0.15, 0.2) is 5.69 Å². The highest BCUT2D eigenvalue weighted by atomic mass is 19.4. The van der Waals surface area contributed by atoms with Crippen molar-refractivity contribution in [2.24, 2.45) is 5.73 Å². The predicted molar refractivity (Wildman–Crippen MR) is 87.5 cm³/mol. The fraction of sp³-hybridized carbons (Fsp3) is 0.412. The van der Waals surface area contributed by atoms with E-state index in [4.69, 9.17) is 10.5 Å². The van der Waals surface area contributed by atoms with E-state index >= 15 is 0 Å². The number of halogens is 4. The minimum atomic E-state index is -4.66. The van der Waals surface area contributed by atoms with E-state index in [1.165, 1.54) is 18.2 Å². The van der Waals surface area contributed by atoms with Crippen molar-refractivity contribution in [3.05, 3.63) is 41.8 Å². The molecular formula is C17H18F4N4O. The summed E-state index contributed by atoms with van der Waals surface area (Å²) in [7, 11) is 0. The van der Waals surface area contributed by atoms with Crippen molar-refractivity contribution in [3.8, 4) is 11.6 Å². The van der Waals surface area contributed by atoms with E-state index < -0.39 is 17.7 Å². The van der Waals surface area contributed by atoms with E-state index in [1.807, 2.05) is 6.92 Å². The summed E-state index contributed by atoms with van der Waals surface area (Å²) in [6, 6.07) is 5.79. The fourth-order valence-corrected chi connectivity index (χ4v) is 2.62. The van der Waals surface area contributed by atoms with E-state index in [0.29, 0.717) is 32.0 Å². The van der Waals surface area contributed by atoms with Crippen LogP contribution in [0.5, 0.6) is 11.6 Å². The highest BCUT2D eigenvalue weighted by Gasteiger charge is 2.35. The molecule has 0 unspecified atom stereocenters. The van der Waals surface area contributed by atoms with Gasteiger partial charge in [-0.05, 0) is 31.9 Å². The van der Waals surface area contributed by atoms with Gasteiger partial charge in [0.2, 0.25) is 11.8 Å². The van der Waals surface area contributed by atoms with E-state index in [0.717, 1.165) is 6.07 Å². The van der Waals surface area contributed by atoms with E-state index in [1.54, 1.807) is 4.90 Å². The SMILES string of the molecule is CC1(N)CCN(c2nc(Oc3cccc(F)c3)cc(C(F)(F)F)n2)CC1. The summed E-state index contributed by atoms with van der Waals surface area (Å²) in [5.41, 5.74) is 4.58. The van der Waals surface area contributed by atoms with Crippen LogP contribution >= 0.6 is 0 Å². The Kier molecular flexibility index (Phi) is 4.74. The number of hydrogen-bond donors (Lipinski definition) is 1. The summed E-state index contributed by atoms with van der Waals surface area (Å²) < 4.78 is 58.2. The molecule has 0 atom stereocenters. The maximum absolute atomic E-state index is 13.3. The lowest BCUT2D eigenvalue weighted by atomic mass is 9.91. The molecule has 3 rings (SSSR count). The molecule has 5 nitrogen and oxygen atoms in total. The van der Waals surface area contributed by atoms with Crippen LogP contribution < -0.4 is 15.4 Å². The van der Waals surface area contributed by atoms with Crippen LogP contribution in [0.15, 0.2) is 30.3 Å². The summed E-state index contributed by atoms with van der Waals surface area (Å²) in [4.78, 5) is 9.34. The number of nitrogens with zero attached hydrogens (tertiary/aromatic N) is 3. The number of alkyl halides is 3. The summed E-state index contributed by atoms with van der Waals surface area (Å²) in [5, 5.41) is 0. The average Bonchev–Trinajstić information content (AvgIpc) is 2.53. The van der Waals surface area contributed by atoms with Gasteiger partial charge in [-0.3, -0.25) is 0 Å². The number of rotatable bonds is 3. The van der Waals surface area contributed by atoms with Crippen LogP contribution in [0.2, 0.25) is 0 Å². The normalized spacial score (nSPS) is 17.2. The lowest BCUT2D eigenvalue weighted by Gasteiger charge is -2.36. The highest BCUT2D eigenvalue weighted by Crippen LogP contribution is 2.33. The van der Waals surface area contributed by atoms with Gasteiger partial charge in [-0.1, -0.05) is 6.07 Å². The molecule has 0 bridgehead atoms. The van der Waals surface area contributed by atoms with Crippen LogP contribution in [0, 0.1) is 5.82 Å². The van der Waals surface area contributed by atoms with Crippen molar-refractivity contribution in [1.82, 2.24) is 9.97 Å². The largest absolute Gasteiger partial charge is 0.439 e. The Morgan fingerprint density at radius 1 is 1.15 bits per heavy atom. The Morgan fingerprint density at radius 3 is 2.46 bits per heavy atom. The van der Waals surface area contributed by atoms with Gasteiger partial charge in [0.05, 0.1) is 0 Å². The number of aromatic nitrogens is 2. The minimum absolute atomic E-state index is 0.0518. The fourth-order valence-electron chi connectivity index (χ4n) is 2.62. The molecule has 2 heterocycles. The van der Waals surface area contributed by atoms with Crippen molar-refractivity contribution in [2.45, 2.75) is 31.5 Å². The molecule has 1 aromatic heterocycles. The summed E-state index contributed by atoms with van der Waals surface area (Å²) >= 11 is 0. The number of ether oxygens (including phenoxy) is 1. The molecule has 2 aromatic rings. The van der Waals surface area contributed by atoms with Gasteiger partial charge in [-0.15, -0.1) is 0 Å². The zero-order valence-electron chi connectivity index (χ0n) is 14.1. The Bertz CT molecular complexity index is 785. The molecule has 1 aliphatic rings. The molecule has 1 fully saturated rings. The number of nitrogens with two attached hydrogens (primary N) is 1. The summed E-state index contributed by atoms with van der Waals surface area (Å²) in [5.74, 6) is -0.891. The summed E-state index contributed by atoms with van der Waals surface area (Å²) in [6.45, 7) is 2.78. The van der Waals surface area contributed by atoms with Crippen molar-refractivity contribution >= 4 is 5.95 Å². The van der Waals surface area contributed by atoms with Crippen molar-refractivity contribution in [1.29, 1.82) is 0 Å². The molecule has 0 radical (unpaired) electrons. The van der Waals surface area contributed by atoms with Gasteiger partial charge < -0.3 is 15.4 Å². The molecule has 140 valence electrons. The number of benzene rings is 1. The third-order valence-corrected chi connectivity index (χ3v) is 4.19. The molecular weight excluding hydrogens is 352 g/mol. The molecule has 2 N–H and O–H groups in total. The van der Waals surface area contributed by atoms with Crippen LogP contribution in [-0.2, 0) is 6.18 Å². The van der Waals surface area contributed by atoms with E-state index in [2.05, 4.69) is 9.97 Å². The van der Waals surface area contributed by atoms with Crippen molar-refractivity contribution in [2.75, 3.05) is 18.0 Å². The lowest BCUT2D eigenvalue weighted by molar-refractivity contribution is -0.141. The highest BCUT2D eigenvalue weighted by molar-refractivity contribution is 5.38. The Balaban J connectivity index is 1.92. The second-order valence-electron chi connectivity index (χ2n) is 6.59. The zero-order chi connectivity index (χ0) is 18.9. The lowest BCUT2D eigenvalue weighted by Crippen LogP contribution is -2.48. The molecule has 9 heteroatoms. The molecule has 26 heavy (non-hydrogen) atoms. The van der Waals surface area contributed by atoms with Crippen LogP contribution in [-0.4, -0.2) is 28.6 Å². The maximum atomic E-state index is 13.3. The standard InChI is InChI=1S/C17H18F4N4O/c1-16(22)5-7-25(8-6-16)15-23-13(17(19,20)21)10-14(24-15)26-12-4-2-3-11(18)9-12/h2-4,9-10H,5-8,22H2,1H3. The van der Waals surface area contributed by atoms with Gasteiger partial charge in [-0.2, -0.15) is 18.2 Å². The first-order valence-electron chi connectivity index (χ1n) is 8.06. The second kappa shape index (κ2) is 6.71. The van der Waals surface area contributed by atoms with Crippen LogP contribution in [0.1, 0.15) is 25.5 Å². The Morgan fingerprint density at radius 2 is 1.85 bits per heavy atom. The smallest absolute Gasteiger partial charge is 0.433 e. The number of hydrogen-bond acceptors (Lipinski definition) is 5. The molecule has 0 saturated carbocycles. The molecule has 1 aromatic carbocycles. The van der Waals surface area contributed by atoms with Gasteiger partial charge in [0, 0.05) is 30.8 Å². The molecule has 1 aliphatic heterocycles. The Hall–Kier alpha value is -2.42. The average molecular weight is 370 g/mol. The predicted octanol–water partition coefficient (Wildman–Crippen LogP) is 3.74. The monoisotopic (exact) mass is 370 g/mol. The number of piperidine rings is 1. The minimum Gasteiger partial charge on any atom is -0.439 e. The topological polar surface area (TPSA) is 64.3 Å². The first kappa shape index (κ1) is 18.4. The zero-order valence-corrected chi connectivity index (χ0v) is 14.1. The first-order chi connectivity index (χ1) is 12.1. The van der Waals surface area contributed by atoms with Crippen LogP contribution in [0.4, 0.5) is 23.5 Å². The number of anilines is 1. The molecule has 0 aliphatic carbocycles. The van der Waals surface area contributed by atoms with Gasteiger partial charge >= 0.3 is 6.18 Å². The van der Waals surface area contributed by atoms with Crippen LogP contribution in [0.25, 0.3) is 0 Å². The second-order valence-corrected chi connectivity index (χ2v) is 6.59. The van der Waals surface area contributed by atoms with Gasteiger partial charge in [0.25, 0.3) is 0 Å². The van der Waals surface area contributed by atoms with E-state index in [9.17, 15) is 17.6 Å². The summed E-state index contributed by atoms with van der Waals surface area (Å²) in [6.07, 6.45) is -3.45. The quantitative estimate of drug-likeness (QED) is 0.834. The van der Waals surface area contributed by atoms with Gasteiger partial charge in [0.1, 0.15) is 11.6 Å². The first-order valence-corrected chi connectivity index (χ1v) is 8.06. The van der Waals surface area contributed by atoms with Crippen molar-refractivity contribution < 1.29 is 22.3 Å². The van der Waals surface area contributed by atoms with Crippen LogP contribution in [0.3, 0.4) is 0 Å². The third-order valence-electron chi connectivity index (χ3n) is 4.19. The van der Waals surface area contributed by atoms with Gasteiger partial charge in [-0.25, -0.2) is 9.37 Å². The molecule has 0 spiro atoms. The van der Waals surface area contributed by atoms with E-state index in [-0.39, 0.29) is 23.1 Å². The third kappa shape index (κ3) is 4.40. The molecule has 1 saturated heterocycles. The molecule has 0 amide bonds. The maximum Gasteiger partial charge on any atom is 0.433 e. The Labute approximate surface area is 147 Å².